The van der Waals surface area contributed by atoms with Crippen LogP contribution in [-0.4, -0.2) is 41.6 Å². The molecule has 2 aliphatic rings. The van der Waals surface area contributed by atoms with E-state index >= 15 is 0 Å². The molecule has 2 heterocycles. The zero-order valence-electron chi connectivity index (χ0n) is 12.2. The normalized spacial score (nSPS) is 27.2. The van der Waals surface area contributed by atoms with Crippen LogP contribution in [-0.2, 0) is 14.3 Å². The van der Waals surface area contributed by atoms with Gasteiger partial charge in [-0.15, -0.1) is 0 Å². The van der Waals surface area contributed by atoms with Crippen LogP contribution in [0.1, 0.15) is 38.5 Å². The molecule has 0 aliphatic carbocycles. The summed E-state index contributed by atoms with van der Waals surface area (Å²) in [5.41, 5.74) is -1.01. The second kappa shape index (κ2) is 8.03. The predicted octanol–water partition coefficient (Wildman–Crippen LogP) is 3.21. The minimum Gasteiger partial charge on any atom is -0.469 e. The summed E-state index contributed by atoms with van der Waals surface area (Å²) < 4.78 is 4.68. The number of nitrogens with zero attached hydrogens (tertiary/aromatic N) is 1. The van der Waals surface area contributed by atoms with E-state index in [1.807, 2.05) is 21.6 Å². The molecule has 0 N–H and O–H groups in total. The summed E-state index contributed by atoms with van der Waals surface area (Å²) in [6.45, 7) is 0. The Morgan fingerprint density at radius 2 is 2.29 bits per heavy atom. The summed E-state index contributed by atoms with van der Waals surface area (Å²) >= 11 is 0. The van der Waals surface area contributed by atoms with Crippen molar-refractivity contribution in [3.63, 3.8) is 0 Å². The van der Waals surface area contributed by atoms with Crippen LogP contribution in [0.15, 0.2) is 17.1 Å². The molecule has 116 valence electrons. The quantitative estimate of drug-likeness (QED) is 0.389. The molecule has 0 aromatic heterocycles. The van der Waals surface area contributed by atoms with Crippen molar-refractivity contribution < 1.29 is 14.3 Å². The van der Waals surface area contributed by atoms with Crippen molar-refractivity contribution in [2.45, 2.75) is 49.3 Å². The van der Waals surface area contributed by atoms with Crippen LogP contribution in [0.5, 0.6) is 0 Å². The van der Waals surface area contributed by atoms with E-state index in [4.69, 9.17) is 0 Å². The van der Waals surface area contributed by atoms with Gasteiger partial charge in [0.25, 0.3) is 0 Å². The number of carbonyl (C=O) groups excluding carboxylic acids is 2. The van der Waals surface area contributed by atoms with Gasteiger partial charge in [-0.2, -0.15) is 0 Å². The molecule has 6 heteroatoms. The average Bonchev–Trinajstić information content (AvgIpc) is 3.15. The smallest absolute Gasteiger partial charge is 0.308 e. The highest BCUT2D eigenvalue weighted by Crippen LogP contribution is 2.40. The van der Waals surface area contributed by atoms with Gasteiger partial charge in [0.15, 0.2) is 5.78 Å². The fraction of sp³-hybridized carbons (Fsp3) is 0.667. The fourth-order valence-corrected chi connectivity index (χ4v) is 5.55. The molecule has 2 rings (SSSR count). The molecule has 21 heavy (non-hydrogen) atoms. The molecule has 0 aromatic carbocycles. The third-order valence-corrected chi connectivity index (χ3v) is 6.80. The minimum atomic E-state index is -1.01. The maximum atomic E-state index is 12.4. The summed E-state index contributed by atoms with van der Waals surface area (Å²) in [6, 6.07) is 0. The molecule has 0 radical (unpaired) electrons. The van der Waals surface area contributed by atoms with Gasteiger partial charge in [-0.3, -0.25) is 14.6 Å². The Morgan fingerprint density at radius 3 is 2.90 bits per heavy atom. The standard InChI is InChI=1S/C15H21NO3S2/c1-19-14(18)11-15(8-4-9-16-15)13(17)6-3-2-5-12-7-10-20-21-12/h4,8-9,12H,2-3,5-7,10-11H2,1H3. The Labute approximate surface area is 133 Å². The lowest BCUT2D eigenvalue weighted by Crippen LogP contribution is -2.36. The van der Waals surface area contributed by atoms with Crippen LogP contribution in [0.2, 0.25) is 0 Å². The van der Waals surface area contributed by atoms with Gasteiger partial charge in [-0.25, -0.2) is 0 Å². The molecule has 2 unspecified atom stereocenters. The zero-order chi connectivity index (χ0) is 15.1. The zero-order valence-corrected chi connectivity index (χ0v) is 13.9. The molecule has 0 amide bonds. The first kappa shape index (κ1) is 16.6. The lowest BCUT2D eigenvalue weighted by Gasteiger charge is -2.21. The first-order valence-corrected chi connectivity index (χ1v) is 9.66. The van der Waals surface area contributed by atoms with Crippen LogP contribution in [0, 0.1) is 0 Å². The summed E-state index contributed by atoms with van der Waals surface area (Å²) in [5.74, 6) is 0.869. The van der Waals surface area contributed by atoms with Gasteiger partial charge >= 0.3 is 5.97 Å². The second-order valence-corrected chi connectivity index (χ2v) is 8.10. The van der Waals surface area contributed by atoms with E-state index < -0.39 is 11.5 Å². The van der Waals surface area contributed by atoms with Gasteiger partial charge in [-0.05, 0) is 31.4 Å². The number of allylic oxidation sites excluding steroid dienone is 1. The lowest BCUT2D eigenvalue weighted by molar-refractivity contribution is -0.143. The van der Waals surface area contributed by atoms with E-state index in [9.17, 15) is 9.59 Å². The van der Waals surface area contributed by atoms with Crippen LogP contribution < -0.4 is 0 Å². The molecule has 0 aromatic rings. The monoisotopic (exact) mass is 327 g/mol. The molecule has 0 spiro atoms. The molecule has 2 atom stereocenters. The molecule has 1 fully saturated rings. The van der Waals surface area contributed by atoms with Gasteiger partial charge in [0, 0.05) is 23.6 Å². The van der Waals surface area contributed by atoms with Crippen molar-refractivity contribution in [3.05, 3.63) is 12.2 Å². The van der Waals surface area contributed by atoms with Crippen LogP contribution in [0.25, 0.3) is 0 Å². The number of methoxy groups -OCH3 is 1. The highest BCUT2D eigenvalue weighted by Gasteiger charge is 2.38. The van der Waals surface area contributed by atoms with Crippen LogP contribution in [0.3, 0.4) is 0 Å². The highest BCUT2D eigenvalue weighted by atomic mass is 33.1. The number of hydrogen-bond donors (Lipinski definition) is 0. The molecular formula is C15H21NO3S2. The van der Waals surface area contributed by atoms with Gasteiger partial charge in [0.2, 0.25) is 0 Å². The highest BCUT2D eigenvalue weighted by molar-refractivity contribution is 8.77. The van der Waals surface area contributed by atoms with Gasteiger partial charge in [-0.1, -0.05) is 28.0 Å². The fourth-order valence-electron chi connectivity index (χ4n) is 2.52. The van der Waals surface area contributed by atoms with Crippen molar-refractivity contribution in [2.75, 3.05) is 12.9 Å². The van der Waals surface area contributed by atoms with E-state index in [0.29, 0.717) is 6.42 Å². The SMILES string of the molecule is COC(=O)CC1(C(=O)CCCCC2CCSS2)C=CC=N1. The summed E-state index contributed by atoms with van der Waals surface area (Å²) in [5, 5.41) is 0.749. The largest absolute Gasteiger partial charge is 0.469 e. The van der Waals surface area contributed by atoms with Crippen molar-refractivity contribution in [3.8, 4) is 0 Å². The minimum absolute atomic E-state index is 0.00441. The van der Waals surface area contributed by atoms with E-state index in [1.54, 1.807) is 18.4 Å². The number of ketones is 1. The van der Waals surface area contributed by atoms with Gasteiger partial charge in [0.05, 0.1) is 13.5 Å². The Bertz CT molecular complexity index is 430. The Hall–Kier alpha value is -0.750. The lowest BCUT2D eigenvalue weighted by atomic mass is 9.88. The third-order valence-electron chi connectivity index (χ3n) is 3.79. The molecule has 4 nitrogen and oxygen atoms in total. The maximum Gasteiger partial charge on any atom is 0.308 e. The number of hydrogen-bond acceptors (Lipinski definition) is 6. The average molecular weight is 327 g/mol. The Kier molecular flexibility index (Phi) is 6.36. The van der Waals surface area contributed by atoms with Crippen molar-refractivity contribution in [1.82, 2.24) is 0 Å². The van der Waals surface area contributed by atoms with E-state index in [-0.39, 0.29) is 12.2 Å². The number of rotatable bonds is 8. The Balaban J connectivity index is 1.78. The molecule has 2 aliphatic heterocycles. The summed E-state index contributed by atoms with van der Waals surface area (Å²) in [4.78, 5) is 28.1. The Morgan fingerprint density at radius 1 is 1.43 bits per heavy atom. The molecule has 0 saturated carbocycles. The number of aliphatic imine (C=N–C) groups is 1. The molecule has 0 bridgehead atoms. The predicted molar refractivity (Wildman–Crippen MR) is 88.9 cm³/mol. The van der Waals surface area contributed by atoms with Gasteiger partial charge < -0.3 is 4.74 Å². The van der Waals surface area contributed by atoms with Crippen molar-refractivity contribution in [1.29, 1.82) is 0 Å². The third kappa shape index (κ3) is 4.61. The maximum absolute atomic E-state index is 12.4. The number of Topliss-reactive ketones (excluding diaryl/α,β-unsaturated/α-hetero) is 1. The number of ether oxygens (including phenoxy) is 1. The van der Waals surface area contributed by atoms with Crippen LogP contribution >= 0.6 is 21.6 Å². The molecule has 1 saturated heterocycles. The second-order valence-electron chi connectivity index (χ2n) is 5.31. The topological polar surface area (TPSA) is 55.7 Å². The van der Waals surface area contributed by atoms with Crippen LogP contribution in [0.4, 0.5) is 0 Å². The summed E-state index contributed by atoms with van der Waals surface area (Å²) in [7, 11) is 5.25. The first-order chi connectivity index (χ1) is 10.2. The molecular weight excluding hydrogens is 306 g/mol. The number of esters is 1. The van der Waals surface area contributed by atoms with Crippen molar-refractivity contribution in [2.24, 2.45) is 4.99 Å². The van der Waals surface area contributed by atoms with E-state index in [1.165, 1.54) is 25.7 Å². The number of carbonyl (C=O) groups is 2. The van der Waals surface area contributed by atoms with E-state index in [0.717, 1.165) is 18.1 Å². The number of unbranched alkanes of at least 4 members (excludes halogenated alkanes) is 1. The van der Waals surface area contributed by atoms with E-state index in [2.05, 4.69) is 9.73 Å². The van der Waals surface area contributed by atoms with Gasteiger partial charge in [0.1, 0.15) is 5.54 Å². The first-order valence-electron chi connectivity index (χ1n) is 7.28. The van der Waals surface area contributed by atoms with Crippen molar-refractivity contribution >= 4 is 39.6 Å². The summed E-state index contributed by atoms with van der Waals surface area (Å²) in [6.07, 6.45) is 9.90.